The van der Waals surface area contributed by atoms with Crippen LogP contribution in [0.1, 0.15) is 11.1 Å². The summed E-state index contributed by atoms with van der Waals surface area (Å²) in [6.45, 7) is 1.93. The molecule has 19 heavy (non-hydrogen) atoms. The minimum Gasteiger partial charge on any atom is -0.493 e. The van der Waals surface area contributed by atoms with Gasteiger partial charge in [0, 0.05) is 0 Å². The lowest BCUT2D eigenvalue weighted by atomic mass is 10.1. The summed E-state index contributed by atoms with van der Waals surface area (Å²) in [7, 11) is 3.15. The Morgan fingerprint density at radius 2 is 1.79 bits per heavy atom. The molecular weight excluding hydrogens is 264 g/mol. The van der Waals surface area contributed by atoms with Gasteiger partial charge in [-0.15, -0.1) is 0 Å². The number of ether oxygens (including phenoxy) is 2. The maximum Gasteiger partial charge on any atom is 0.273 e. The van der Waals surface area contributed by atoms with Crippen LogP contribution in [-0.2, 0) is 4.79 Å². The van der Waals surface area contributed by atoms with E-state index in [1.807, 2.05) is 19.1 Å². The molecule has 1 aromatic carbocycles. The summed E-state index contributed by atoms with van der Waals surface area (Å²) in [5, 5.41) is 5.63. The third-order valence-electron chi connectivity index (χ3n) is 2.79. The lowest BCUT2D eigenvalue weighted by molar-refractivity contribution is -0.115. The number of hydrogen-bond acceptors (Lipinski definition) is 4. The lowest BCUT2D eigenvalue weighted by Gasteiger charge is -2.11. The van der Waals surface area contributed by atoms with Gasteiger partial charge in [0.2, 0.25) is 0 Å². The summed E-state index contributed by atoms with van der Waals surface area (Å²) < 4.78 is 10.5. The van der Waals surface area contributed by atoms with Crippen molar-refractivity contribution in [2.75, 3.05) is 14.2 Å². The van der Waals surface area contributed by atoms with Gasteiger partial charge in [-0.25, -0.2) is 0 Å². The van der Waals surface area contributed by atoms with E-state index in [1.165, 1.54) is 0 Å². The Morgan fingerprint density at radius 1 is 1.16 bits per heavy atom. The molecule has 1 aliphatic heterocycles. The van der Waals surface area contributed by atoms with Gasteiger partial charge in [-0.2, -0.15) is 0 Å². The fourth-order valence-corrected chi connectivity index (χ4v) is 1.99. The number of methoxy groups -OCH3 is 2. The Kier molecular flexibility index (Phi) is 3.71. The Labute approximate surface area is 116 Å². The average molecular weight is 278 g/mol. The molecule has 1 heterocycles. The number of nitrogens with one attached hydrogen (secondary N) is 2. The minimum atomic E-state index is -0.237. The minimum absolute atomic E-state index is 0.237. The van der Waals surface area contributed by atoms with Gasteiger partial charge in [0.05, 0.1) is 14.2 Å². The van der Waals surface area contributed by atoms with Crippen molar-refractivity contribution >= 4 is 29.3 Å². The molecule has 1 aliphatic rings. The van der Waals surface area contributed by atoms with Crippen LogP contribution in [0.4, 0.5) is 0 Å². The van der Waals surface area contributed by atoms with E-state index in [0.717, 1.165) is 11.1 Å². The van der Waals surface area contributed by atoms with E-state index in [1.54, 1.807) is 20.3 Å². The van der Waals surface area contributed by atoms with Crippen LogP contribution in [0.15, 0.2) is 17.8 Å². The van der Waals surface area contributed by atoms with Crippen molar-refractivity contribution in [3.63, 3.8) is 0 Å². The predicted molar refractivity (Wildman–Crippen MR) is 76.1 cm³/mol. The first-order chi connectivity index (χ1) is 9.05. The highest BCUT2D eigenvalue weighted by molar-refractivity contribution is 7.80. The second kappa shape index (κ2) is 5.27. The van der Waals surface area contributed by atoms with Gasteiger partial charge in [-0.1, -0.05) is 0 Å². The smallest absolute Gasteiger partial charge is 0.273 e. The second-order valence-electron chi connectivity index (χ2n) is 4.03. The highest BCUT2D eigenvalue weighted by Crippen LogP contribution is 2.31. The number of hydrogen-bond donors (Lipinski definition) is 2. The fourth-order valence-electron chi connectivity index (χ4n) is 1.79. The molecule has 2 N–H and O–H groups in total. The van der Waals surface area contributed by atoms with E-state index in [9.17, 15) is 4.79 Å². The van der Waals surface area contributed by atoms with Crippen LogP contribution in [0.25, 0.3) is 6.08 Å². The van der Waals surface area contributed by atoms with Crippen molar-refractivity contribution in [2.24, 2.45) is 0 Å². The third kappa shape index (κ3) is 2.68. The summed E-state index contributed by atoms with van der Waals surface area (Å²) in [5.74, 6) is 1.03. The van der Waals surface area contributed by atoms with Crippen molar-refractivity contribution in [3.05, 3.63) is 29.0 Å². The van der Waals surface area contributed by atoms with E-state index in [2.05, 4.69) is 10.6 Å². The van der Waals surface area contributed by atoms with Crippen molar-refractivity contribution in [1.29, 1.82) is 0 Å². The summed E-state index contributed by atoms with van der Waals surface area (Å²) in [6, 6.07) is 3.67. The molecule has 5 nitrogen and oxygen atoms in total. The molecule has 1 aromatic rings. The number of thiocarbonyl (C=S) groups is 1. The molecule has 0 atom stereocenters. The highest BCUT2D eigenvalue weighted by Gasteiger charge is 2.20. The number of aryl methyl sites for hydroxylation is 1. The molecule has 1 amide bonds. The van der Waals surface area contributed by atoms with E-state index in [0.29, 0.717) is 22.3 Å². The number of rotatable bonds is 3. The van der Waals surface area contributed by atoms with Crippen molar-refractivity contribution in [2.45, 2.75) is 6.92 Å². The number of carbonyl (C=O) groups is 1. The van der Waals surface area contributed by atoms with Crippen LogP contribution in [0, 0.1) is 6.92 Å². The van der Waals surface area contributed by atoms with E-state index < -0.39 is 0 Å². The van der Waals surface area contributed by atoms with Gasteiger partial charge in [-0.05, 0) is 48.5 Å². The molecule has 0 spiro atoms. The molecule has 0 unspecified atom stereocenters. The first kappa shape index (κ1) is 13.4. The largest absolute Gasteiger partial charge is 0.493 e. The van der Waals surface area contributed by atoms with Gasteiger partial charge in [-0.3, -0.25) is 10.1 Å². The molecular formula is C13H14N2O3S. The standard InChI is InChI=1S/C13H14N2O3S/c1-7-4-10(17-2)11(18-3)6-8(7)5-9-12(16)15-13(19)14-9/h4-6H,1-3H3,(H2,14,15,16,19)/b9-5+. The van der Waals surface area contributed by atoms with Crippen LogP contribution in [-0.4, -0.2) is 25.2 Å². The van der Waals surface area contributed by atoms with Crippen LogP contribution in [0.5, 0.6) is 11.5 Å². The van der Waals surface area contributed by atoms with Gasteiger partial charge in [0.15, 0.2) is 16.6 Å². The van der Waals surface area contributed by atoms with Gasteiger partial charge < -0.3 is 14.8 Å². The van der Waals surface area contributed by atoms with E-state index >= 15 is 0 Å². The Bertz CT molecular complexity index is 581. The zero-order chi connectivity index (χ0) is 14.0. The zero-order valence-electron chi connectivity index (χ0n) is 10.9. The summed E-state index contributed by atoms with van der Waals surface area (Å²) in [5.41, 5.74) is 2.25. The van der Waals surface area contributed by atoms with Crippen molar-refractivity contribution in [1.82, 2.24) is 10.6 Å². The molecule has 0 saturated carbocycles. The van der Waals surface area contributed by atoms with Crippen LogP contribution >= 0.6 is 12.2 Å². The van der Waals surface area contributed by atoms with Crippen LogP contribution < -0.4 is 20.1 Å². The molecule has 1 fully saturated rings. The average Bonchev–Trinajstić information content (AvgIpc) is 2.69. The maximum atomic E-state index is 11.6. The van der Waals surface area contributed by atoms with Gasteiger partial charge in [0.25, 0.3) is 5.91 Å². The number of benzene rings is 1. The Hall–Kier alpha value is -2.08. The van der Waals surface area contributed by atoms with E-state index in [4.69, 9.17) is 21.7 Å². The molecule has 100 valence electrons. The van der Waals surface area contributed by atoms with Crippen molar-refractivity contribution in [3.8, 4) is 11.5 Å². The Balaban J connectivity index is 2.43. The molecule has 6 heteroatoms. The molecule has 0 aliphatic carbocycles. The quantitative estimate of drug-likeness (QED) is 0.646. The molecule has 0 bridgehead atoms. The topological polar surface area (TPSA) is 59.6 Å². The first-order valence-corrected chi connectivity index (χ1v) is 6.02. The highest BCUT2D eigenvalue weighted by atomic mass is 32.1. The third-order valence-corrected chi connectivity index (χ3v) is 3.00. The molecule has 2 rings (SSSR count). The zero-order valence-corrected chi connectivity index (χ0v) is 11.7. The maximum absolute atomic E-state index is 11.6. The van der Waals surface area contributed by atoms with Gasteiger partial charge in [0.1, 0.15) is 5.70 Å². The predicted octanol–water partition coefficient (Wildman–Crippen LogP) is 1.36. The fraction of sp³-hybridized carbons (Fsp3) is 0.231. The van der Waals surface area contributed by atoms with Crippen LogP contribution in [0.2, 0.25) is 0 Å². The number of amides is 1. The summed E-state index contributed by atoms with van der Waals surface area (Å²) in [4.78, 5) is 11.6. The summed E-state index contributed by atoms with van der Waals surface area (Å²) in [6.07, 6.45) is 1.73. The molecule has 1 saturated heterocycles. The summed E-state index contributed by atoms with van der Waals surface area (Å²) >= 11 is 4.88. The first-order valence-electron chi connectivity index (χ1n) is 5.62. The Morgan fingerprint density at radius 3 is 2.32 bits per heavy atom. The van der Waals surface area contributed by atoms with Gasteiger partial charge >= 0.3 is 0 Å². The van der Waals surface area contributed by atoms with Crippen molar-refractivity contribution < 1.29 is 14.3 Å². The monoisotopic (exact) mass is 278 g/mol. The van der Waals surface area contributed by atoms with E-state index in [-0.39, 0.29) is 5.91 Å². The number of carbonyl (C=O) groups excluding carboxylic acids is 1. The molecule has 0 aromatic heterocycles. The van der Waals surface area contributed by atoms with Crippen LogP contribution in [0.3, 0.4) is 0 Å². The normalized spacial score (nSPS) is 16.3. The lowest BCUT2D eigenvalue weighted by Crippen LogP contribution is -2.21. The molecule has 0 radical (unpaired) electrons. The SMILES string of the molecule is COc1cc(C)c(/C=C2/NC(=S)NC2=O)cc1OC. The second-order valence-corrected chi connectivity index (χ2v) is 4.44.